The van der Waals surface area contributed by atoms with E-state index in [4.69, 9.17) is 9.15 Å². The molecule has 4 aliphatic rings. The molecule has 0 radical (unpaired) electrons. The summed E-state index contributed by atoms with van der Waals surface area (Å²) >= 11 is 0. The summed E-state index contributed by atoms with van der Waals surface area (Å²) in [6, 6.07) is 24.3. The number of benzene rings is 5. The highest BCUT2D eigenvalue weighted by Crippen LogP contribution is 2.44. The Morgan fingerprint density at radius 1 is 0.838 bits per heavy atom. The number of carbonyl (C=O) groups excluding carboxylic acids is 2. The average Bonchev–Trinajstić information content (AvgIpc) is 4.27. The van der Waals surface area contributed by atoms with Crippen LogP contribution in [0, 0.1) is 0 Å². The molecule has 5 aromatic rings. The zero-order valence-corrected chi connectivity index (χ0v) is 46.9. The van der Waals surface area contributed by atoms with Crippen LogP contribution < -0.4 is 29.6 Å². The van der Waals surface area contributed by atoms with Gasteiger partial charge in [0.1, 0.15) is 47.2 Å². The third-order valence-electron chi connectivity index (χ3n) is 14.6. The second-order valence-electron chi connectivity index (χ2n) is 19.4. The number of hydrogen-bond acceptors (Lipinski definition) is 14. The van der Waals surface area contributed by atoms with Crippen molar-refractivity contribution >= 4 is 64.8 Å². The van der Waals surface area contributed by atoms with E-state index in [9.17, 15) is 49.3 Å². The SMILES string of the molecule is CCN(CC)c1ccc2c(-c3ccc(S(=O)(=O)NCc4cn(C5CC(C(=O)NC(Cc6ccc(OC(=O)N7CCCC7)cc6)C(=O)O)N(S(=O)(=O)c6ccccc6)C5)nn4)cc3S(=O)(=O)O)c3ccc(=[N+](CC)CC)cc-3oc2c1. The lowest BCUT2D eigenvalue weighted by Crippen LogP contribution is -2.51. The zero-order valence-electron chi connectivity index (χ0n) is 44.4. The largest absolute Gasteiger partial charge is 0.480 e. The molecule has 1 aromatic heterocycles. The number of ether oxygens (including phenoxy) is 1. The number of likely N-dealkylation sites (tertiary alicyclic amines) is 1. The first-order valence-corrected chi connectivity index (χ1v) is 30.6. The Morgan fingerprint density at radius 2 is 1.54 bits per heavy atom. The van der Waals surface area contributed by atoms with Crippen molar-refractivity contribution in [1.82, 2.24) is 38.8 Å². The van der Waals surface area contributed by atoms with E-state index >= 15 is 0 Å². The first-order chi connectivity index (χ1) is 38.2. The molecular formula is C55H62N9O13S3+. The van der Waals surface area contributed by atoms with Crippen molar-refractivity contribution in [1.29, 1.82) is 0 Å². The zero-order chi connectivity index (χ0) is 57.1. The van der Waals surface area contributed by atoms with Crippen LogP contribution in [0.15, 0.2) is 134 Å². The molecule has 80 heavy (non-hydrogen) atoms. The quantitative estimate of drug-likeness (QED) is 0.0411. The highest BCUT2D eigenvalue weighted by atomic mass is 32.2. The Bertz CT molecular complexity index is 3840. The molecule has 2 fully saturated rings. The van der Waals surface area contributed by atoms with Crippen LogP contribution in [-0.4, -0.2) is 135 Å². The molecular weight excluding hydrogens is 1090 g/mol. The van der Waals surface area contributed by atoms with E-state index in [1.807, 2.05) is 64.1 Å². The fourth-order valence-electron chi connectivity index (χ4n) is 10.3. The number of carboxylic acids is 1. The van der Waals surface area contributed by atoms with Crippen molar-refractivity contribution in [3.63, 3.8) is 0 Å². The van der Waals surface area contributed by atoms with Crippen LogP contribution in [0.2, 0.25) is 0 Å². The van der Waals surface area contributed by atoms with Crippen LogP contribution in [0.1, 0.15) is 64.3 Å². The fourth-order valence-corrected chi connectivity index (χ4v) is 13.8. The van der Waals surface area contributed by atoms with Crippen molar-refractivity contribution in [2.45, 2.75) is 92.7 Å². The first kappa shape index (κ1) is 57.1. The molecule has 25 heteroatoms. The van der Waals surface area contributed by atoms with E-state index in [1.165, 1.54) is 59.4 Å². The Labute approximate surface area is 463 Å². The molecule has 9 rings (SSSR count). The number of fused-ring (bicyclic) bond motifs is 2. The molecule has 2 amide bonds. The van der Waals surface area contributed by atoms with Gasteiger partial charge < -0.3 is 29.4 Å². The van der Waals surface area contributed by atoms with E-state index in [0.29, 0.717) is 72.7 Å². The summed E-state index contributed by atoms with van der Waals surface area (Å²) in [5.74, 6) is -1.58. The van der Waals surface area contributed by atoms with Gasteiger partial charge in [-0.05, 0) is 107 Å². The molecule has 0 bridgehead atoms. The fraction of sp³-hybridized carbons (Fsp3) is 0.345. The molecule has 422 valence electrons. The van der Waals surface area contributed by atoms with Crippen LogP contribution in [0.5, 0.6) is 5.75 Å². The second-order valence-corrected chi connectivity index (χ2v) is 24.5. The average molecular weight is 1150 g/mol. The van der Waals surface area contributed by atoms with Gasteiger partial charge in [-0.2, -0.15) is 12.7 Å². The predicted molar refractivity (Wildman–Crippen MR) is 296 cm³/mol. The molecule has 0 spiro atoms. The van der Waals surface area contributed by atoms with Crippen molar-refractivity contribution < 1.29 is 58.5 Å². The van der Waals surface area contributed by atoms with E-state index in [2.05, 4.69) is 29.8 Å². The number of anilines is 1. The summed E-state index contributed by atoms with van der Waals surface area (Å²) < 4.78 is 113. The van der Waals surface area contributed by atoms with Crippen LogP contribution >= 0.6 is 0 Å². The first-order valence-electron chi connectivity index (χ1n) is 26.2. The number of aliphatic carboxylic acids is 1. The van der Waals surface area contributed by atoms with Crippen molar-refractivity contribution in [3.8, 4) is 28.2 Å². The van der Waals surface area contributed by atoms with Gasteiger partial charge in [-0.15, -0.1) is 5.10 Å². The van der Waals surface area contributed by atoms with Gasteiger partial charge in [0.15, 0.2) is 0 Å². The Balaban J connectivity index is 0.956. The Morgan fingerprint density at radius 3 is 2.20 bits per heavy atom. The van der Waals surface area contributed by atoms with Crippen LogP contribution in [0.3, 0.4) is 0 Å². The molecule has 3 atom stereocenters. The topological polar surface area (TPSA) is 284 Å². The highest BCUT2D eigenvalue weighted by molar-refractivity contribution is 7.89. The molecule has 4 N–H and O–H groups in total. The van der Waals surface area contributed by atoms with Crippen LogP contribution in [0.25, 0.3) is 33.4 Å². The van der Waals surface area contributed by atoms with Gasteiger partial charge in [0.05, 0.1) is 40.3 Å². The maximum Gasteiger partial charge on any atom is 0.415 e. The molecule has 4 heterocycles. The standard InChI is InChI=1S/C55H61N9O13S3/c1-5-60(6-2)38-18-23-44-49(30-38)77-50-31-39(61(7-3)8-4)19-24-45(50)52(44)46-25-22-43(32-51(46)80(73,74)75)78(69,70)56-33-37-34-63(59-58-37)40-29-48(64(35-40)79(71,72)42-14-10-9-11-15-42)53(65)57-47(54(66)67)28-36-16-20-41(21-17-36)76-55(68)62-26-12-13-27-62/h9-11,14-25,30-32,34,40,47-48,56H,5-8,12-13,26-29,33,35H2,1-4H3,(H2-,57,65,66,67,73,74,75)/p+1. The minimum absolute atomic E-state index is 0.0279. The molecule has 3 unspecified atom stereocenters. The maximum absolute atomic E-state index is 14.2. The molecule has 3 aliphatic heterocycles. The summed E-state index contributed by atoms with van der Waals surface area (Å²) in [6.45, 7) is 11.4. The highest BCUT2D eigenvalue weighted by Gasteiger charge is 2.46. The van der Waals surface area contributed by atoms with Gasteiger partial charge in [-0.25, -0.2) is 40.4 Å². The molecule has 0 saturated carbocycles. The maximum atomic E-state index is 14.2. The van der Waals surface area contributed by atoms with Crippen molar-refractivity contribution in [3.05, 3.63) is 132 Å². The summed E-state index contributed by atoms with van der Waals surface area (Å²) in [5, 5.41) is 22.4. The number of carboxylic acid groups (broad SMARTS) is 1. The summed E-state index contributed by atoms with van der Waals surface area (Å²) in [4.78, 5) is 41.7. The number of amides is 2. The predicted octanol–water partition coefficient (Wildman–Crippen LogP) is 5.59. The number of nitrogens with one attached hydrogen (secondary N) is 2. The third-order valence-corrected chi connectivity index (χ3v) is 18.7. The Hall–Kier alpha value is -7.55. The molecule has 1 aliphatic carbocycles. The number of rotatable bonds is 20. The van der Waals surface area contributed by atoms with E-state index in [0.717, 1.165) is 34.3 Å². The van der Waals surface area contributed by atoms with Gasteiger partial charge in [-0.1, -0.05) is 41.6 Å². The smallest absolute Gasteiger partial charge is 0.415 e. The summed E-state index contributed by atoms with van der Waals surface area (Å²) in [7, 11) is -14.0. The summed E-state index contributed by atoms with van der Waals surface area (Å²) in [5.41, 5.74) is 2.79. The molecule has 4 aromatic carbocycles. The van der Waals surface area contributed by atoms with E-state index < -0.39 is 82.6 Å². The lowest BCUT2D eigenvalue weighted by atomic mass is 9.93. The lowest BCUT2D eigenvalue weighted by molar-refractivity contribution is -0.142. The summed E-state index contributed by atoms with van der Waals surface area (Å²) in [6.07, 6.45) is 2.27. The van der Waals surface area contributed by atoms with Gasteiger partial charge in [0.2, 0.25) is 31.3 Å². The number of sulfonamides is 2. The normalized spacial score (nSPS) is 16.5. The van der Waals surface area contributed by atoms with Crippen molar-refractivity contribution in [2.24, 2.45) is 0 Å². The minimum atomic E-state index is -5.09. The number of hydrogen-bond donors (Lipinski definition) is 4. The van der Waals surface area contributed by atoms with E-state index in [-0.39, 0.29) is 41.3 Å². The van der Waals surface area contributed by atoms with E-state index in [1.54, 1.807) is 23.1 Å². The molecule has 2 saturated heterocycles. The molecule has 22 nitrogen and oxygen atoms in total. The Kier molecular flexibility index (Phi) is 16.9. The van der Waals surface area contributed by atoms with Gasteiger partial charge >= 0.3 is 12.1 Å². The number of carbonyl (C=O) groups is 3. The monoisotopic (exact) mass is 1150 g/mol. The second kappa shape index (κ2) is 23.7. The number of nitrogens with zero attached hydrogens (tertiary/aromatic N) is 7. The van der Waals surface area contributed by atoms with Crippen LogP contribution in [-0.2, 0) is 52.7 Å². The lowest BCUT2D eigenvalue weighted by Gasteiger charge is -2.25. The van der Waals surface area contributed by atoms with Gasteiger partial charge in [0.25, 0.3) is 10.1 Å². The van der Waals surface area contributed by atoms with Gasteiger partial charge in [-0.3, -0.25) is 9.35 Å². The van der Waals surface area contributed by atoms with Gasteiger partial charge in [0, 0.05) is 79.0 Å². The van der Waals surface area contributed by atoms with Crippen molar-refractivity contribution in [2.75, 3.05) is 50.7 Å². The van der Waals surface area contributed by atoms with Crippen LogP contribution in [0.4, 0.5) is 10.5 Å². The third kappa shape index (κ3) is 12.1. The minimum Gasteiger partial charge on any atom is -0.480 e. The number of aromatic nitrogens is 3.